The van der Waals surface area contributed by atoms with Gasteiger partial charge in [0.15, 0.2) is 11.6 Å². The maximum atomic E-state index is 12.8. The highest BCUT2D eigenvalue weighted by atomic mass is 35.5. The monoisotopic (exact) mass is 233 g/mol. The number of aromatic nitrogens is 2. The van der Waals surface area contributed by atoms with Crippen LogP contribution in [0.1, 0.15) is 5.82 Å². The van der Waals surface area contributed by atoms with E-state index in [0.717, 1.165) is 12.1 Å². The first-order valence-corrected chi connectivity index (χ1v) is 4.24. The molecule has 0 unspecified atom stereocenters. The number of rotatable bonds is 2. The summed E-state index contributed by atoms with van der Waals surface area (Å²) >= 11 is 0. The standard InChI is InChI=1S/C9H9F2N3.ClH/c10-5-3-7-8(4-6(5)11)14-9(13-7)1-2-12;/h3-4H,1-2,12H2,(H,13,14);1H. The van der Waals surface area contributed by atoms with E-state index in [2.05, 4.69) is 9.97 Å². The molecule has 3 N–H and O–H groups in total. The lowest BCUT2D eigenvalue weighted by atomic mass is 10.3. The Morgan fingerprint density at radius 1 is 1.27 bits per heavy atom. The van der Waals surface area contributed by atoms with Gasteiger partial charge in [-0.1, -0.05) is 0 Å². The number of H-pyrrole nitrogens is 1. The van der Waals surface area contributed by atoms with E-state index in [0.29, 0.717) is 29.8 Å². The summed E-state index contributed by atoms with van der Waals surface area (Å²) in [5.41, 5.74) is 6.25. The molecule has 0 fully saturated rings. The largest absolute Gasteiger partial charge is 0.342 e. The zero-order valence-electron chi connectivity index (χ0n) is 7.76. The summed E-state index contributed by atoms with van der Waals surface area (Å²) in [5.74, 6) is -1.11. The number of halogens is 3. The third kappa shape index (κ3) is 2.24. The van der Waals surface area contributed by atoms with Gasteiger partial charge < -0.3 is 10.7 Å². The normalized spacial score (nSPS) is 10.3. The second kappa shape index (κ2) is 4.55. The summed E-state index contributed by atoms with van der Waals surface area (Å²) < 4.78 is 25.6. The van der Waals surface area contributed by atoms with Gasteiger partial charge in [0.1, 0.15) is 5.82 Å². The molecule has 0 saturated carbocycles. The van der Waals surface area contributed by atoms with E-state index in [1.54, 1.807) is 0 Å². The molecule has 1 heterocycles. The lowest BCUT2D eigenvalue weighted by molar-refractivity contribution is 0.510. The van der Waals surface area contributed by atoms with Crippen LogP contribution in [-0.4, -0.2) is 16.5 Å². The van der Waals surface area contributed by atoms with Crippen molar-refractivity contribution in [3.63, 3.8) is 0 Å². The van der Waals surface area contributed by atoms with Gasteiger partial charge in [-0.25, -0.2) is 13.8 Å². The Balaban J connectivity index is 0.00000112. The summed E-state index contributed by atoms with van der Waals surface area (Å²) in [4.78, 5) is 6.93. The highest BCUT2D eigenvalue weighted by Gasteiger charge is 2.07. The summed E-state index contributed by atoms with van der Waals surface area (Å²) in [6.45, 7) is 0.449. The molecule has 0 aliphatic heterocycles. The lowest BCUT2D eigenvalue weighted by Crippen LogP contribution is -2.03. The molecule has 0 atom stereocenters. The van der Waals surface area contributed by atoms with E-state index in [1.807, 2.05) is 0 Å². The van der Waals surface area contributed by atoms with Gasteiger partial charge in [-0.2, -0.15) is 0 Å². The van der Waals surface area contributed by atoms with Crippen LogP contribution in [0.25, 0.3) is 11.0 Å². The molecule has 15 heavy (non-hydrogen) atoms. The van der Waals surface area contributed by atoms with Gasteiger partial charge in [-0.05, 0) is 6.54 Å². The molecular formula is C9H10ClF2N3. The van der Waals surface area contributed by atoms with Crippen molar-refractivity contribution in [2.75, 3.05) is 6.54 Å². The van der Waals surface area contributed by atoms with Gasteiger partial charge >= 0.3 is 0 Å². The Morgan fingerprint density at radius 2 is 1.93 bits per heavy atom. The second-order valence-corrected chi connectivity index (χ2v) is 3.01. The van der Waals surface area contributed by atoms with Gasteiger partial charge in [0, 0.05) is 18.6 Å². The van der Waals surface area contributed by atoms with Crippen molar-refractivity contribution in [3.8, 4) is 0 Å². The number of hydrogen-bond donors (Lipinski definition) is 2. The Kier molecular flexibility index (Phi) is 3.60. The molecule has 0 radical (unpaired) electrons. The molecule has 2 aromatic rings. The van der Waals surface area contributed by atoms with Crippen molar-refractivity contribution >= 4 is 23.4 Å². The van der Waals surface area contributed by atoms with Crippen LogP contribution in [-0.2, 0) is 6.42 Å². The molecule has 0 spiro atoms. The Hall–Kier alpha value is -1.20. The van der Waals surface area contributed by atoms with Crippen LogP contribution < -0.4 is 5.73 Å². The molecule has 2 rings (SSSR count). The third-order valence-corrected chi connectivity index (χ3v) is 1.95. The Morgan fingerprint density at radius 3 is 2.60 bits per heavy atom. The molecule has 3 nitrogen and oxygen atoms in total. The van der Waals surface area contributed by atoms with Crippen molar-refractivity contribution in [3.05, 3.63) is 29.6 Å². The molecule has 82 valence electrons. The van der Waals surface area contributed by atoms with Crippen molar-refractivity contribution in [1.82, 2.24) is 9.97 Å². The van der Waals surface area contributed by atoms with Crippen LogP contribution >= 0.6 is 12.4 Å². The van der Waals surface area contributed by atoms with Gasteiger partial charge in [-0.3, -0.25) is 0 Å². The fraction of sp³-hybridized carbons (Fsp3) is 0.222. The minimum Gasteiger partial charge on any atom is -0.342 e. The van der Waals surface area contributed by atoms with Gasteiger partial charge in [-0.15, -0.1) is 12.4 Å². The average molecular weight is 234 g/mol. The first kappa shape index (κ1) is 11.9. The number of nitrogens with one attached hydrogen (secondary N) is 1. The lowest BCUT2D eigenvalue weighted by Gasteiger charge is -1.90. The molecular weight excluding hydrogens is 224 g/mol. The predicted molar refractivity (Wildman–Crippen MR) is 56.0 cm³/mol. The number of benzene rings is 1. The minimum atomic E-state index is -0.886. The molecule has 0 bridgehead atoms. The molecule has 0 amide bonds. The first-order valence-electron chi connectivity index (χ1n) is 4.24. The SMILES string of the molecule is Cl.NCCc1nc2cc(F)c(F)cc2[nH]1. The fourth-order valence-corrected chi connectivity index (χ4v) is 1.31. The van der Waals surface area contributed by atoms with Crippen LogP contribution in [0.3, 0.4) is 0 Å². The molecule has 6 heteroatoms. The van der Waals surface area contributed by atoms with Gasteiger partial charge in [0.2, 0.25) is 0 Å². The summed E-state index contributed by atoms with van der Waals surface area (Å²) in [7, 11) is 0. The highest BCUT2D eigenvalue weighted by molar-refractivity contribution is 5.85. The van der Waals surface area contributed by atoms with E-state index >= 15 is 0 Å². The van der Waals surface area contributed by atoms with E-state index in [1.165, 1.54) is 0 Å². The zero-order chi connectivity index (χ0) is 10.1. The maximum Gasteiger partial charge on any atom is 0.161 e. The topological polar surface area (TPSA) is 54.7 Å². The van der Waals surface area contributed by atoms with Crippen LogP contribution in [0.2, 0.25) is 0 Å². The molecule has 0 aliphatic carbocycles. The smallest absolute Gasteiger partial charge is 0.161 e. The van der Waals surface area contributed by atoms with E-state index < -0.39 is 11.6 Å². The number of nitrogens with zero attached hydrogens (tertiary/aromatic N) is 1. The molecule has 1 aromatic carbocycles. The van der Waals surface area contributed by atoms with Crippen molar-refractivity contribution in [2.45, 2.75) is 6.42 Å². The minimum absolute atomic E-state index is 0. The number of nitrogens with two attached hydrogens (primary N) is 1. The Labute approximate surface area is 91.1 Å². The molecule has 0 aliphatic rings. The number of imidazole rings is 1. The zero-order valence-corrected chi connectivity index (χ0v) is 8.57. The van der Waals surface area contributed by atoms with Crippen molar-refractivity contribution in [1.29, 1.82) is 0 Å². The number of fused-ring (bicyclic) bond motifs is 1. The summed E-state index contributed by atoms with van der Waals surface area (Å²) in [6.07, 6.45) is 0.567. The third-order valence-electron chi connectivity index (χ3n) is 1.95. The summed E-state index contributed by atoms with van der Waals surface area (Å²) in [6, 6.07) is 2.17. The van der Waals surface area contributed by atoms with Crippen molar-refractivity contribution in [2.24, 2.45) is 5.73 Å². The van der Waals surface area contributed by atoms with Gasteiger partial charge in [0.25, 0.3) is 0 Å². The second-order valence-electron chi connectivity index (χ2n) is 3.01. The van der Waals surface area contributed by atoms with Crippen molar-refractivity contribution < 1.29 is 8.78 Å². The first-order chi connectivity index (χ1) is 6.70. The highest BCUT2D eigenvalue weighted by Crippen LogP contribution is 2.16. The molecule has 0 saturated heterocycles. The number of hydrogen-bond acceptors (Lipinski definition) is 2. The average Bonchev–Trinajstić information content (AvgIpc) is 2.48. The van der Waals surface area contributed by atoms with Crippen LogP contribution in [0, 0.1) is 11.6 Å². The quantitative estimate of drug-likeness (QED) is 0.831. The van der Waals surface area contributed by atoms with Crippen LogP contribution in [0.4, 0.5) is 8.78 Å². The summed E-state index contributed by atoms with van der Waals surface area (Å²) in [5, 5.41) is 0. The van der Waals surface area contributed by atoms with Gasteiger partial charge in [0.05, 0.1) is 11.0 Å². The Bertz CT molecular complexity index is 431. The number of aromatic amines is 1. The van der Waals surface area contributed by atoms with Crippen LogP contribution in [0.15, 0.2) is 12.1 Å². The van der Waals surface area contributed by atoms with E-state index in [9.17, 15) is 8.78 Å². The van der Waals surface area contributed by atoms with E-state index in [4.69, 9.17) is 5.73 Å². The molecule has 1 aromatic heterocycles. The van der Waals surface area contributed by atoms with E-state index in [-0.39, 0.29) is 12.4 Å². The maximum absolute atomic E-state index is 12.8. The van der Waals surface area contributed by atoms with Crippen LogP contribution in [0.5, 0.6) is 0 Å². The fourth-order valence-electron chi connectivity index (χ4n) is 1.31. The predicted octanol–water partition coefficient (Wildman–Crippen LogP) is 1.76.